The van der Waals surface area contributed by atoms with Crippen LogP contribution in [0.4, 0.5) is 17.1 Å². The minimum Gasteiger partial charge on any atom is -0.494 e. The third-order valence-electron chi connectivity index (χ3n) is 4.99. The Balaban J connectivity index is 1.46. The number of ether oxygens (including phenoxy) is 1. The molecule has 4 rings (SSSR count). The van der Waals surface area contributed by atoms with Gasteiger partial charge >= 0.3 is 0 Å². The number of nitrogens with zero attached hydrogens (tertiary/aromatic N) is 3. The van der Waals surface area contributed by atoms with Gasteiger partial charge in [-0.25, -0.2) is 4.98 Å². The molecule has 0 aliphatic carbocycles. The number of nitro groups is 1. The average Bonchev–Trinajstić information content (AvgIpc) is 3.34. The van der Waals surface area contributed by atoms with Crippen molar-refractivity contribution in [2.24, 2.45) is 0 Å². The van der Waals surface area contributed by atoms with Gasteiger partial charge in [0, 0.05) is 29.2 Å². The number of carbonyl (C=O) groups excluding carboxylic acids is 1. The summed E-state index contributed by atoms with van der Waals surface area (Å²) in [5.74, 6) is 0.0387. The number of fused-ring (bicyclic) bond motifs is 1. The molecule has 154 valence electrons. The van der Waals surface area contributed by atoms with Gasteiger partial charge in [0.2, 0.25) is 5.91 Å². The smallest absolute Gasteiger partial charge is 0.273 e. The number of hydrogen-bond acceptors (Lipinski definition) is 7. The van der Waals surface area contributed by atoms with Crippen molar-refractivity contribution in [2.75, 3.05) is 30.4 Å². The SMILES string of the molecule is COc1cc([N+](=O)[O-])ccc1NC(=O)CN1CCc2cc(-c3csc(C)n3)ccc21. The van der Waals surface area contributed by atoms with Crippen molar-refractivity contribution in [1.82, 2.24) is 4.98 Å². The van der Waals surface area contributed by atoms with Crippen molar-refractivity contribution in [3.05, 3.63) is 62.5 Å². The predicted octanol–water partition coefficient (Wildman–Crippen LogP) is 4.04. The second-order valence-electron chi connectivity index (χ2n) is 6.96. The molecular weight excluding hydrogens is 404 g/mol. The minimum atomic E-state index is -0.503. The fourth-order valence-corrected chi connectivity index (χ4v) is 4.17. The summed E-state index contributed by atoms with van der Waals surface area (Å²) in [5.41, 5.74) is 4.60. The molecule has 0 saturated carbocycles. The highest BCUT2D eigenvalue weighted by molar-refractivity contribution is 7.09. The largest absolute Gasteiger partial charge is 0.494 e. The number of thiazole rings is 1. The van der Waals surface area contributed by atoms with E-state index >= 15 is 0 Å². The number of nitrogens with one attached hydrogen (secondary N) is 1. The van der Waals surface area contributed by atoms with E-state index in [2.05, 4.69) is 21.7 Å². The number of benzene rings is 2. The van der Waals surface area contributed by atoms with Crippen molar-refractivity contribution >= 4 is 34.3 Å². The predicted molar refractivity (Wildman–Crippen MR) is 116 cm³/mol. The lowest BCUT2D eigenvalue weighted by Crippen LogP contribution is -2.32. The van der Waals surface area contributed by atoms with Crippen LogP contribution in [0.2, 0.25) is 0 Å². The molecule has 0 fully saturated rings. The lowest BCUT2D eigenvalue weighted by atomic mass is 10.1. The number of amides is 1. The van der Waals surface area contributed by atoms with Gasteiger partial charge in [-0.2, -0.15) is 0 Å². The molecule has 1 aliphatic rings. The molecule has 1 aromatic heterocycles. The molecule has 0 spiro atoms. The van der Waals surface area contributed by atoms with E-state index in [1.54, 1.807) is 11.3 Å². The molecule has 1 N–H and O–H groups in total. The summed E-state index contributed by atoms with van der Waals surface area (Å²) in [6.45, 7) is 2.92. The average molecular weight is 424 g/mol. The van der Waals surface area contributed by atoms with E-state index in [0.717, 1.165) is 34.9 Å². The first-order valence-electron chi connectivity index (χ1n) is 9.37. The van der Waals surface area contributed by atoms with Crippen LogP contribution in [0.1, 0.15) is 10.6 Å². The molecule has 9 heteroatoms. The number of anilines is 2. The van der Waals surface area contributed by atoms with Crippen LogP contribution in [-0.2, 0) is 11.2 Å². The molecule has 3 aromatic rings. The first-order valence-corrected chi connectivity index (χ1v) is 10.2. The van der Waals surface area contributed by atoms with Gasteiger partial charge in [-0.3, -0.25) is 14.9 Å². The Bertz CT molecular complexity index is 1130. The molecule has 0 atom stereocenters. The lowest BCUT2D eigenvalue weighted by Gasteiger charge is -2.19. The second kappa shape index (κ2) is 8.11. The van der Waals surface area contributed by atoms with Crippen LogP contribution < -0.4 is 15.0 Å². The Morgan fingerprint density at radius 1 is 1.33 bits per heavy atom. The summed E-state index contributed by atoms with van der Waals surface area (Å²) >= 11 is 1.63. The molecule has 0 bridgehead atoms. The van der Waals surface area contributed by atoms with Gasteiger partial charge in [0.1, 0.15) is 5.75 Å². The van der Waals surface area contributed by atoms with E-state index in [0.29, 0.717) is 5.69 Å². The maximum Gasteiger partial charge on any atom is 0.273 e. The number of nitro benzene ring substituents is 1. The fourth-order valence-electron chi connectivity index (χ4n) is 3.55. The van der Waals surface area contributed by atoms with E-state index in [1.165, 1.54) is 30.9 Å². The van der Waals surface area contributed by atoms with Crippen LogP contribution >= 0.6 is 11.3 Å². The van der Waals surface area contributed by atoms with Crippen LogP contribution in [0, 0.1) is 17.0 Å². The van der Waals surface area contributed by atoms with E-state index in [-0.39, 0.29) is 23.9 Å². The number of hydrogen-bond donors (Lipinski definition) is 1. The Labute approximate surface area is 177 Å². The molecule has 30 heavy (non-hydrogen) atoms. The van der Waals surface area contributed by atoms with Crippen LogP contribution in [0.3, 0.4) is 0 Å². The molecule has 0 saturated heterocycles. The Kier molecular flexibility index (Phi) is 5.37. The standard InChI is InChI=1S/C21H20N4O4S/c1-13-22-18(12-30-13)14-3-6-19-15(9-14)7-8-24(19)11-21(26)23-17-5-4-16(25(27)28)10-20(17)29-2/h3-6,9-10,12H,7-8,11H2,1-2H3,(H,23,26). The van der Waals surface area contributed by atoms with Gasteiger partial charge < -0.3 is 15.0 Å². The summed E-state index contributed by atoms with van der Waals surface area (Å²) in [6, 6.07) is 10.3. The molecule has 2 heterocycles. The first-order chi connectivity index (χ1) is 14.4. The van der Waals surface area contributed by atoms with E-state index < -0.39 is 4.92 Å². The quantitative estimate of drug-likeness (QED) is 0.474. The minimum absolute atomic E-state index is 0.0931. The molecule has 2 aromatic carbocycles. The van der Waals surface area contributed by atoms with Crippen molar-refractivity contribution < 1.29 is 14.5 Å². The summed E-state index contributed by atoms with van der Waals surface area (Å²) in [7, 11) is 1.41. The van der Waals surface area contributed by atoms with Crippen LogP contribution in [-0.4, -0.2) is 36.0 Å². The Hall–Kier alpha value is -3.46. The maximum atomic E-state index is 12.6. The number of methoxy groups -OCH3 is 1. The molecule has 0 unspecified atom stereocenters. The number of aromatic nitrogens is 1. The third-order valence-corrected chi connectivity index (χ3v) is 5.76. The number of rotatable bonds is 6. The molecule has 0 radical (unpaired) electrons. The monoisotopic (exact) mass is 424 g/mol. The van der Waals surface area contributed by atoms with E-state index in [4.69, 9.17) is 4.74 Å². The topological polar surface area (TPSA) is 97.6 Å². The first kappa shape index (κ1) is 19.8. The zero-order valence-corrected chi connectivity index (χ0v) is 17.4. The van der Waals surface area contributed by atoms with Gasteiger partial charge in [-0.15, -0.1) is 11.3 Å². The van der Waals surface area contributed by atoms with Crippen LogP contribution in [0.15, 0.2) is 41.8 Å². The van der Waals surface area contributed by atoms with E-state index in [9.17, 15) is 14.9 Å². The summed E-state index contributed by atoms with van der Waals surface area (Å²) in [6.07, 6.45) is 0.862. The highest BCUT2D eigenvalue weighted by Crippen LogP contribution is 2.33. The van der Waals surface area contributed by atoms with Gasteiger partial charge in [0.25, 0.3) is 5.69 Å². The molecule has 8 nitrogen and oxygen atoms in total. The second-order valence-corrected chi connectivity index (χ2v) is 8.02. The van der Waals surface area contributed by atoms with Crippen LogP contribution in [0.25, 0.3) is 11.3 Å². The number of non-ortho nitro benzene ring substituents is 1. The van der Waals surface area contributed by atoms with Crippen molar-refractivity contribution in [3.63, 3.8) is 0 Å². The van der Waals surface area contributed by atoms with Gasteiger partial charge in [-0.05, 0) is 37.1 Å². The number of carbonyl (C=O) groups is 1. The van der Waals surface area contributed by atoms with Crippen molar-refractivity contribution in [2.45, 2.75) is 13.3 Å². The Morgan fingerprint density at radius 3 is 2.87 bits per heavy atom. The normalized spacial score (nSPS) is 12.5. The molecule has 1 aliphatic heterocycles. The van der Waals surface area contributed by atoms with Crippen molar-refractivity contribution in [3.8, 4) is 17.0 Å². The van der Waals surface area contributed by atoms with Gasteiger partial charge in [0.05, 0.1) is 41.0 Å². The zero-order valence-electron chi connectivity index (χ0n) is 16.5. The summed E-state index contributed by atoms with van der Waals surface area (Å²) in [5, 5.41) is 16.8. The summed E-state index contributed by atoms with van der Waals surface area (Å²) in [4.78, 5) is 29.6. The van der Waals surface area contributed by atoms with E-state index in [1.807, 2.05) is 24.0 Å². The summed E-state index contributed by atoms with van der Waals surface area (Å²) < 4.78 is 5.18. The molecular formula is C21H20N4O4S. The highest BCUT2D eigenvalue weighted by atomic mass is 32.1. The van der Waals surface area contributed by atoms with Gasteiger partial charge in [0.15, 0.2) is 0 Å². The Morgan fingerprint density at radius 2 is 2.17 bits per heavy atom. The fraction of sp³-hybridized carbons (Fsp3) is 0.238. The van der Waals surface area contributed by atoms with Crippen molar-refractivity contribution in [1.29, 1.82) is 0 Å². The zero-order chi connectivity index (χ0) is 21.3. The van der Waals surface area contributed by atoms with Gasteiger partial charge in [-0.1, -0.05) is 6.07 Å². The highest BCUT2D eigenvalue weighted by Gasteiger charge is 2.23. The maximum absolute atomic E-state index is 12.6. The molecule has 1 amide bonds. The lowest BCUT2D eigenvalue weighted by molar-refractivity contribution is -0.384. The third kappa shape index (κ3) is 3.97. The number of aryl methyl sites for hydroxylation is 1. The van der Waals surface area contributed by atoms with Crippen LogP contribution in [0.5, 0.6) is 5.75 Å².